The van der Waals surface area contributed by atoms with E-state index in [9.17, 15) is 9.00 Å². The Morgan fingerprint density at radius 3 is 2.62 bits per heavy atom. The van der Waals surface area contributed by atoms with Gasteiger partial charge < -0.3 is 5.11 Å². The average Bonchev–Trinajstić information content (AvgIpc) is 2.25. The molecule has 0 saturated carbocycles. The van der Waals surface area contributed by atoms with Crippen molar-refractivity contribution < 1.29 is 14.1 Å². The van der Waals surface area contributed by atoms with E-state index in [1.165, 1.54) is 0 Å². The molecule has 3 nitrogen and oxygen atoms in total. The van der Waals surface area contributed by atoms with Crippen molar-refractivity contribution in [3.8, 4) is 0 Å². The van der Waals surface area contributed by atoms with E-state index in [2.05, 4.69) is 15.9 Å². The summed E-state index contributed by atoms with van der Waals surface area (Å²) in [6.45, 7) is 1.88. The van der Waals surface area contributed by atoms with Crippen LogP contribution in [0.5, 0.6) is 0 Å². The van der Waals surface area contributed by atoms with Crippen molar-refractivity contribution in [1.29, 1.82) is 0 Å². The van der Waals surface area contributed by atoms with Crippen LogP contribution >= 0.6 is 15.9 Å². The molecule has 1 aromatic rings. The SMILES string of the molecule is CCCC(C(=O)O)S(=O)c1ccccc1Br. The van der Waals surface area contributed by atoms with Crippen molar-refractivity contribution in [3.63, 3.8) is 0 Å². The standard InChI is InChI=1S/C11H13BrO3S/c1-2-5-10(11(13)14)16(15)9-7-4-3-6-8(9)12/h3-4,6-7,10H,2,5H2,1H3,(H,13,14). The van der Waals surface area contributed by atoms with E-state index >= 15 is 0 Å². The summed E-state index contributed by atoms with van der Waals surface area (Å²) in [5, 5.41) is 8.19. The minimum atomic E-state index is -1.51. The Morgan fingerprint density at radius 2 is 2.12 bits per heavy atom. The van der Waals surface area contributed by atoms with Gasteiger partial charge in [0, 0.05) is 4.47 Å². The van der Waals surface area contributed by atoms with E-state index in [4.69, 9.17) is 5.11 Å². The van der Waals surface area contributed by atoms with Gasteiger partial charge in [0.2, 0.25) is 0 Å². The van der Waals surface area contributed by atoms with Crippen LogP contribution in [-0.4, -0.2) is 20.5 Å². The molecule has 1 rings (SSSR count). The fourth-order valence-electron chi connectivity index (χ4n) is 1.35. The molecule has 0 fully saturated rings. The molecule has 0 aliphatic heterocycles. The van der Waals surface area contributed by atoms with Crippen molar-refractivity contribution in [2.45, 2.75) is 29.9 Å². The van der Waals surface area contributed by atoms with Gasteiger partial charge in [0.05, 0.1) is 15.7 Å². The van der Waals surface area contributed by atoms with Gasteiger partial charge in [0.15, 0.2) is 0 Å². The molecule has 2 atom stereocenters. The molecule has 1 N–H and O–H groups in total. The number of carboxylic acid groups (broad SMARTS) is 1. The monoisotopic (exact) mass is 304 g/mol. The quantitative estimate of drug-likeness (QED) is 0.910. The predicted molar refractivity (Wildman–Crippen MR) is 66.9 cm³/mol. The second-order valence-corrected chi connectivity index (χ2v) is 5.80. The Labute approximate surface area is 105 Å². The number of hydrogen-bond acceptors (Lipinski definition) is 2. The highest BCUT2D eigenvalue weighted by molar-refractivity contribution is 9.10. The molecule has 0 aromatic heterocycles. The molecular weight excluding hydrogens is 292 g/mol. The lowest BCUT2D eigenvalue weighted by atomic mass is 10.2. The minimum Gasteiger partial charge on any atom is -0.480 e. The third kappa shape index (κ3) is 3.15. The lowest BCUT2D eigenvalue weighted by molar-refractivity contribution is -0.136. The van der Waals surface area contributed by atoms with Crippen molar-refractivity contribution in [3.05, 3.63) is 28.7 Å². The van der Waals surface area contributed by atoms with Gasteiger partial charge in [-0.2, -0.15) is 0 Å². The number of aliphatic carboxylic acids is 1. The van der Waals surface area contributed by atoms with E-state index in [1.807, 2.05) is 6.92 Å². The number of carbonyl (C=O) groups is 1. The Morgan fingerprint density at radius 1 is 1.50 bits per heavy atom. The molecule has 5 heteroatoms. The highest BCUT2D eigenvalue weighted by Crippen LogP contribution is 2.23. The molecule has 0 aliphatic rings. The largest absolute Gasteiger partial charge is 0.480 e. The zero-order chi connectivity index (χ0) is 12.1. The van der Waals surface area contributed by atoms with Gasteiger partial charge in [0.25, 0.3) is 0 Å². The first-order chi connectivity index (χ1) is 7.57. The number of rotatable bonds is 5. The molecular formula is C11H13BrO3S. The second-order valence-electron chi connectivity index (χ2n) is 3.34. The van der Waals surface area contributed by atoms with Gasteiger partial charge in [0.1, 0.15) is 5.25 Å². The zero-order valence-corrected chi connectivity index (χ0v) is 11.3. The smallest absolute Gasteiger partial charge is 0.319 e. The van der Waals surface area contributed by atoms with Crippen LogP contribution in [0.2, 0.25) is 0 Å². The van der Waals surface area contributed by atoms with Crippen molar-refractivity contribution in [2.24, 2.45) is 0 Å². The summed E-state index contributed by atoms with van der Waals surface area (Å²) in [7, 11) is -1.51. The van der Waals surface area contributed by atoms with E-state index in [0.29, 0.717) is 22.2 Å². The first kappa shape index (κ1) is 13.4. The highest BCUT2D eigenvalue weighted by atomic mass is 79.9. The average molecular weight is 305 g/mol. The maximum Gasteiger partial charge on any atom is 0.319 e. The lowest BCUT2D eigenvalue weighted by Crippen LogP contribution is -2.25. The van der Waals surface area contributed by atoms with E-state index in [1.54, 1.807) is 24.3 Å². The molecule has 0 saturated heterocycles. The number of benzene rings is 1. The van der Waals surface area contributed by atoms with Crippen molar-refractivity contribution in [1.82, 2.24) is 0 Å². The van der Waals surface area contributed by atoms with Gasteiger partial charge in [-0.25, -0.2) is 0 Å². The summed E-state index contributed by atoms with van der Waals surface area (Å²) in [6, 6.07) is 7.01. The maximum atomic E-state index is 12.1. The van der Waals surface area contributed by atoms with Crippen molar-refractivity contribution >= 4 is 32.7 Å². The van der Waals surface area contributed by atoms with E-state index in [0.717, 1.165) is 0 Å². The molecule has 16 heavy (non-hydrogen) atoms. The molecule has 0 heterocycles. The van der Waals surface area contributed by atoms with Gasteiger partial charge in [-0.1, -0.05) is 25.5 Å². The summed E-state index contributed by atoms with van der Waals surface area (Å²) < 4.78 is 12.8. The van der Waals surface area contributed by atoms with Crippen LogP contribution in [0, 0.1) is 0 Å². The Balaban J connectivity index is 2.99. The summed E-state index contributed by atoms with van der Waals surface area (Å²) in [5.41, 5.74) is 0. The Bertz CT molecular complexity index is 406. The van der Waals surface area contributed by atoms with Crippen LogP contribution in [-0.2, 0) is 15.6 Å². The molecule has 0 bridgehead atoms. The van der Waals surface area contributed by atoms with Crippen LogP contribution in [0.3, 0.4) is 0 Å². The summed E-state index contributed by atoms with van der Waals surface area (Å²) in [6.07, 6.45) is 1.12. The third-order valence-electron chi connectivity index (χ3n) is 2.14. The fourth-order valence-corrected chi connectivity index (χ4v) is 3.52. The molecule has 0 aliphatic carbocycles. The van der Waals surface area contributed by atoms with Crippen molar-refractivity contribution in [2.75, 3.05) is 0 Å². The van der Waals surface area contributed by atoms with Gasteiger partial charge >= 0.3 is 5.97 Å². The summed E-state index contributed by atoms with van der Waals surface area (Å²) >= 11 is 3.28. The fraction of sp³-hybridized carbons (Fsp3) is 0.364. The number of carboxylic acids is 1. The first-order valence-electron chi connectivity index (χ1n) is 4.95. The minimum absolute atomic E-state index is 0.420. The van der Waals surface area contributed by atoms with E-state index < -0.39 is 22.0 Å². The lowest BCUT2D eigenvalue weighted by Gasteiger charge is -2.12. The molecule has 0 radical (unpaired) electrons. The normalized spacial score (nSPS) is 14.4. The molecule has 88 valence electrons. The van der Waals surface area contributed by atoms with E-state index in [-0.39, 0.29) is 0 Å². The third-order valence-corrected chi connectivity index (χ3v) is 4.84. The summed E-state index contributed by atoms with van der Waals surface area (Å²) in [5.74, 6) is -1.00. The number of hydrogen-bond donors (Lipinski definition) is 1. The van der Waals surface area contributed by atoms with Crippen LogP contribution in [0.15, 0.2) is 33.6 Å². The molecule has 1 aromatic carbocycles. The van der Waals surface area contributed by atoms with Crippen LogP contribution < -0.4 is 0 Å². The first-order valence-corrected chi connectivity index (χ1v) is 6.96. The van der Waals surface area contributed by atoms with Gasteiger partial charge in [-0.3, -0.25) is 9.00 Å². The summed E-state index contributed by atoms with van der Waals surface area (Å²) in [4.78, 5) is 11.6. The van der Waals surface area contributed by atoms with Gasteiger partial charge in [-0.05, 0) is 34.5 Å². The topological polar surface area (TPSA) is 54.4 Å². The number of halogens is 1. The molecule has 0 amide bonds. The maximum absolute atomic E-state index is 12.1. The Kier molecular flexibility index (Phi) is 5.15. The van der Waals surface area contributed by atoms with Crippen LogP contribution in [0.1, 0.15) is 19.8 Å². The molecule has 2 unspecified atom stereocenters. The second kappa shape index (κ2) is 6.15. The predicted octanol–water partition coefficient (Wildman–Crippen LogP) is 2.81. The highest BCUT2D eigenvalue weighted by Gasteiger charge is 2.25. The molecule has 0 spiro atoms. The van der Waals surface area contributed by atoms with Crippen LogP contribution in [0.25, 0.3) is 0 Å². The van der Waals surface area contributed by atoms with Gasteiger partial charge in [-0.15, -0.1) is 0 Å². The van der Waals surface area contributed by atoms with Crippen LogP contribution in [0.4, 0.5) is 0 Å². The zero-order valence-electron chi connectivity index (χ0n) is 8.85. The Hall–Kier alpha value is -0.680.